The summed E-state index contributed by atoms with van der Waals surface area (Å²) < 4.78 is 12.8. The van der Waals surface area contributed by atoms with Crippen LogP contribution in [0, 0.1) is 18.8 Å². The fraction of sp³-hybridized carbons (Fsp3) is 0.455. The first-order valence-electron chi connectivity index (χ1n) is 4.09. The van der Waals surface area contributed by atoms with Crippen molar-refractivity contribution >= 4 is 23.1 Å². The molecule has 0 N–H and O–H groups in total. The maximum atomic E-state index is 12.8. The molecule has 0 nitrogen and oxygen atoms in total. The first-order chi connectivity index (χ1) is 5.41. The molecule has 0 bridgehead atoms. The molecule has 3 heteroatoms. The third kappa shape index (κ3) is 4.28. The number of benzene rings is 1. The molecule has 0 saturated carbocycles. The molecule has 0 saturated heterocycles. The molecule has 1 aromatic rings. The molecule has 0 aliphatic carbocycles. The van der Waals surface area contributed by atoms with Crippen molar-refractivity contribution in [2.45, 2.75) is 33.1 Å². The summed E-state index contributed by atoms with van der Waals surface area (Å²) in [7, 11) is 0. The minimum atomic E-state index is -0.247. The van der Waals surface area contributed by atoms with Gasteiger partial charge in [0.05, 0.1) is 0 Å². The molecule has 0 aromatic heterocycles. The fourth-order valence-electron chi connectivity index (χ4n) is 1.03. The molecule has 14 heavy (non-hydrogen) atoms. The SMILES string of the molecule is Cc1cc(C(C)(C)C)c[c-]c1F.[Br-].[Mg+2]. The Kier molecular flexibility index (Phi) is 7.30. The Morgan fingerprint density at radius 2 is 1.79 bits per heavy atom. The van der Waals surface area contributed by atoms with Crippen LogP contribution in [0.15, 0.2) is 12.1 Å². The van der Waals surface area contributed by atoms with E-state index in [-0.39, 0.29) is 51.3 Å². The predicted octanol–water partition coefficient (Wildman–Crippen LogP) is -0.145. The summed E-state index contributed by atoms with van der Waals surface area (Å²) in [5.41, 5.74) is 1.87. The molecule has 0 aliphatic rings. The summed E-state index contributed by atoms with van der Waals surface area (Å²) in [5.74, 6) is -0.247. The second-order valence-electron chi connectivity index (χ2n) is 4.14. The van der Waals surface area contributed by atoms with Crippen LogP contribution in [-0.2, 0) is 5.41 Å². The van der Waals surface area contributed by atoms with Gasteiger partial charge in [-0.1, -0.05) is 33.1 Å². The average Bonchev–Trinajstić information content (AvgIpc) is 1.92. The van der Waals surface area contributed by atoms with Crippen LogP contribution in [0.4, 0.5) is 4.39 Å². The van der Waals surface area contributed by atoms with Crippen molar-refractivity contribution in [1.82, 2.24) is 0 Å². The van der Waals surface area contributed by atoms with E-state index in [2.05, 4.69) is 26.8 Å². The van der Waals surface area contributed by atoms with Crippen LogP contribution in [0.2, 0.25) is 0 Å². The van der Waals surface area contributed by atoms with Gasteiger partial charge in [0.2, 0.25) is 0 Å². The maximum absolute atomic E-state index is 12.8. The molecule has 0 spiro atoms. The molecule has 0 unspecified atom stereocenters. The standard InChI is InChI=1S/C11H14F.BrH.Mg/c1-8-7-9(11(2,3)4)5-6-10(8)12;;/h5,7H,1-4H3;1H;/q-1;;+2/p-1. The summed E-state index contributed by atoms with van der Waals surface area (Å²) in [5, 5.41) is 0. The van der Waals surface area contributed by atoms with Crippen LogP contribution >= 0.6 is 0 Å². The van der Waals surface area contributed by atoms with Crippen LogP contribution in [-0.4, -0.2) is 23.1 Å². The van der Waals surface area contributed by atoms with Gasteiger partial charge in [-0.3, -0.25) is 0 Å². The van der Waals surface area contributed by atoms with Gasteiger partial charge < -0.3 is 17.0 Å². The van der Waals surface area contributed by atoms with E-state index in [0.29, 0.717) is 5.56 Å². The van der Waals surface area contributed by atoms with Crippen molar-refractivity contribution in [3.8, 4) is 0 Å². The van der Waals surface area contributed by atoms with E-state index in [0.717, 1.165) is 5.56 Å². The van der Waals surface area contributed by atoms with Gasteiger partial charge in [0, 0.05) is 5.82 Å². The first-order valence-corrected chi connectivity index (χ1v) is 4.09. The molecule has 0 aliphatic heterocycles. The van der Waals surface area contributed by atoms with Crippen LogP contribution < -0.4 is 17.0 Å². The van der Waals surface area contributed by atoms with E-state index >= 15 is 0 Å². The molecule has 0 amide bonds. The third-order valence-corrected chi connectivity index (χ3v) is 1.94. The van der Waals surface area contributed by atoms with Crippen molar-refractivity contribution in [3.63, 3.8) is 0 Å². The van der Waals surface area contributed by atoms with Crippen molar-refractivity contribution in [1.29, 1.82) is 0 Å². The Hall–Kier alpha value is 0.396. The molecule has 0 heterocycles. The third-order valence-electron chi connectivity index (χ3n) is 1.94. The summed E-state index contributed by atoms with van der Waals surface area (Å²) in [6, 6.07) is 6.21. The second kappa shape index (κ2) is 6.08. The zero-order chi connectivity index (χ0) is 9.35. The first kappa shape index (κ1) is 16.8. The topological polar surface area (TPSA) is 0 Å². The zero-order valence-corrected chi connectivity index (χ0v) is 12.1. The Balaban J connectivity index is 0. The van der Waals surface area contributed by atoms with E-state index < -0.39 is 0 Å². The molecule has 74 valence electrons. The molecule has 0 atom stereocenters. The van der Waals surface area contributed by atoms with Gasteiger partial charge in [-0.25, -0.2) is 4.39 Å². The average molecular weight is 269 g/mol. The second-order valence-corrected chi connectivity index (χ2v) is 4.14. The van der Waals surface area contributed by atoms with Gasteiger partial charge in [-0.05, 0) is 0 Å². The minimum Gasteiger partial charge on any atom is -1.00 e. The Bertz CT molecular complexity index is 292. The number of rotatable bonds is 0. The van der Waals surface area contributed by atoms with Gasteiger partial charge in [0.1, 0.15) is 0 Å². The molecule has 0 fully saturated rings. The van der Waals surface area contributed by atoms with E-state index in [9.17, 15) is 4.39 Å². The van der Waals surface area contributed by atoms with Gasteiger partial charge in [0.15, 0.2) is 0 Å². The monoisotopic (exact) mass is 268 g/mol. The van der Waals surface area contributed by atoms with Crippen LogP contribution in [0.1, 0.15) is 31.9 Å². The van der Waals surface area contributed by atoms with Gasteiger partial charge in [-0.15, -0.1) is 11.6 Å². The number of hydrogen-bond acceptors (Lipinski definition) is 0. The minimum absolute atomic E-state index is 0. The summed E-state index contributed by atoms with van der Waals surface area (Å²) in [4.78, 5) is 0. The fourth-order valence-corrected chi connectivity index (χ4v) is 1.03. The number of hydrogen-bond donors (Lipinski definition) is 0. The van der Waals surface area contributed by atoms with Crippen LogP contribution in [0.5, 0.6) is 0 Å². The Labute approximate surface area is 112 Å². The number of aryl methyl sites for hydroxylation is 1. The summed E-state index contributed by atoms with van der Waals surface area (Å²) in [6.07, 6.45) is 0. The van der Waals surface area contributed by atoms with Gasteiger partial charge in [-0.2, -0.15) is 17.7 Å². The molecular formula is C11H14BrFMg. The summed E-state index contributed by atoms with van der Waals surface area (Å²) >= 11 is 0. The number of halogens is 2. The van der Waals surface area contributed by atoms with E-state index in [4.69, 9.17) is 0 Å². The normalized spacial score (nSPS) is 10.1. The van der Waals surface area contributed by atoms with E-state index in [1.54, 1.807) is 13.0 Å². The van der Waals surface area contributed by atoms with Crippen LogP contribution in [0.25, 0.3) is 0 Å². The van der Waals surface area contributed by atoms with Gasteiger partial charge in [0.25, 0.3) is 0 Å². The summed E-state index contributed by atoms with van der Waals surface area (Å²) in [6.45, 7) is 8.08. The molecule has 1 aromatic carbocycles. The van der Waals surface area contributed by atoms with Crippen molar-refractivity contribution in [2.24, 2.45) is 0 Å². The maximum Gasteiger partial charge on any atom is 2.00 e. The van der Waals surface area contributed by atoms with Crippen molar-refractivity contribution < 1.29 is 21.4 Å². The quantitative estimate of drug-likeness (QED) is 0.454. The molecule has 1 rings (SSSR count). The van der Waals surface area contributed by atoms with Crippen molar-refractivity contribution in [2.75, 3.05) is 0 Å². The van der Waals surface area contributed by atoms with E-state index in [1.807, 2.05) is 6.07 Å². The zero-order valence-electron chi connectivity index (χ0n) is 9.12. The molecule has 0 radical (unpaired) electrons. The van der Waals surface area contributed by atoms with Crippen LogP contribution in [0.3, 0.4) is 0 Å². The largest absolute Gasteiger partial charge is 2.00 e. The Morgan fingerprint density at radius 1 is 1.29 bits per heavy atom. The van der Waals surface area contributed by atoms with Crippen molar-refractivity contribution in [3.05, 3.63) is 35.1 Å². The Morgan fingerprint density at radius 3 is 2.14 bits per heavy atom. The predicted molar refractivity (Wildman–Crippen MR) is 54.4 cm³/mol. The van der Waals surface area contributed by atoms with E-state index in [1.165, 1.54) is 0 Å². The molecular weight excluding hydrogens is 255 g/mol. The smallest absolute Gasteiger partial charge is 1.00 e. The van der Waals surface area contributed by atoms with Gasteiger partial charge >= 0.3 is 23.1 Å².